The number of benzene rings is 2. The van der Waals surface area contributed by atoms with E-state index < -0.39 is 6.10 Å². The normalized spacial score (nSPS) is 15.3. The molecule has 7 heteroatoms. The van der Waals surface area contributed by atoms with Crippen LogP contribution in [0.25, 0.3) is 0 Å². The zero-order valence-electron chi connectivity index (χ0n) is 15.3. The Morgan fingerprint density at radius 3 is 2.56 bits per heavy atom. The van der Waals surface area contributed by atoms with Crippen LogP contribution in [0.1, 0.15) is 6.92 Å². The third-order valence-corrected chi connectivity index (χ3v) is 4.18. The van der Waals surface area contributed by atoms with E-state index in [-0.39, 0.29) is 18.4 Å². The Hall–Kier alpha value is -3.22. The number of hydrogen-bond donors (Lipinski definition) is 1. The third kappa shape index (κ3) is 4.49. The van der Waals surface area contributed by atoms with Crippen LogP contribution in [0.5, 0.6) is 17.2 Å². The van der Waals surface area contributed by atoms with Gasteiger partial charge in [0.15, 0.2) is 6.10 Å². The van der Waals surface area contributed by atoms with E-state index in [1.54, 1.807) is 54.5 Å². The second-order valence-corrected chi connectivity index (χ2v) is 6.02. The minimum atomic E-state index is -0.759. The van der Waals surface area contributed by atoms with Crippen LogP contribution < -0.4 is 24.4 Å². The number of carbonyl (C=O) groups excluding carboxylic acids is 2. The first-order valence-corrected chi connectivity index (χ1v) is 8.67. The van der Waals surface area contributed by atoms with Crippen molar-refractivity contribution < 1.29 is 23.8 Å². The molecule has 3 rings (SSSR count). The molecule has 1 unspecified atom stereocenters. The zero-order chi connectivity index (χ0) is 19.2. The van der Waals surface area contributed by atoms with E-state index in [0.29, 0.717) is 30.3 Å². The molecule has 0 fully saturated rings. The van der Waals surface area contributed by atoms with E-state index in [1.807, 2.05) is 6.07 Å². The predicted molar refractivity (Wildman–Crippen MR) is 100 cm³/mol. The zero-order valence-corrected chi connectivity index (χ0v) is 15.3. The summed E-state index contributed by atoms with van der Waals surface area (Å²) >= 11 is 0. The van der Waals surface area contributed by atoms with Crippen LogP contribution in [-0.4, -0.2) is 44.7 Å². The number of carbonyl (C=O) groups is 2. The lowest BCUT2D eigenvalue weighted by molar-refractivity contribution is -0.128. The Bertz CT molecular complexity index is 806. The van der Waals surface area contributed by atoms with E-state index in [0.717, 1.165) is 5.75 Å². The summed E-state index contributed by atoms with van der Waals surface area (Å²) in [6.07, 6.45) is -0.759. The summed E-state index contributed by atoms with van der Waals surface area (Å²) in [4.78, 5) is 25.9. The average molecular weight is 370 g/mol. The SMILES string of the molecule is COc1ccc(OCCNC(=O)C2CN(C(C)=O)c3ccccc3O2)cc1. The van der Waals surface area contributed by atoms with E-state index in [4.69, 9.17) is 14.2 Å². The van der Waals surface area contributed by atoms with E-state index in [1.165, 1.54) is 6.92 Å². The number of anilines is 1. The lowest BCUT2D eigenvalue weighted by Gasteiger charge is -2.33. The van der Waals surface area contributed by atoms with Crippen LogP contribution in [0.4, 0.5) is 5.69 Å². The van der Waals surface area contributed by atoms with Gasteiger partial charge >= 0.3 is 0 Å². The second kappa shape index (κ2) is 8.44. The number of nitrogens with one attached hydrogen (secondary N) is 1. The van der Waals surface area contributed by atoms with Crippen LogP contribution in [-0.2, 0) is 9.59 Å². The molecule has 1 heterocycles. The Morgan fingerprint density at radius 1 is 1.15 bits per heavy atom. The number of hydrogen-bond acceptors (Lipinski definition) is 5. The van der Waals surface area contributed by atoms with Crippen molar-refractivity contribution in [2.45, 2.75) is 13.0 Å². The van der Waals surface area contributed by atoms with Gasteiger partial charge in [0.2, 0.25) is 5.91 Å². The van der Waals surface area contributed by atoms with Gasteiger partial charge < -0.3 is 24.4 Å². The van der Waals surface area contributed by atoms with Gasteiger partial charge in [-0.25, -0.2) is 0 Å². The number of ether oxygens (including phenoxy) is 3. The molecule has 1 aliphatic rings. The molecule has 0 spiro atoms. The molecular weight excluding hydrogens is 348 g/mol. The summed E-state index contributed by atoms with van der Waals surface area (Å²) in [6, 6.07) is 14.4. The summed E-state index contributed by atoms with van der Waals surface area (Å²) in [7, 11) is 1.60. The standard InChI is InChI=1S/C20H22N2O5/c1-14(23)22-13-19(27-18-6-4-3-5-17(18)22)20(24)21-11-12-26-16-9-7-15(25-2)8-10-16/h3-10,19H,11-13H2,1-2H3,(H,21,24). The molecule has 27 heavy (non-hydrogen) atoms. The number of amides is 2. The molecule has 0 aromatic heterocycles. The minimum absolute atomic E-state index is 0.133. The van der Waals surface area contributed by atoms with Crippen molar-refractivity contribution in [2.75, 3.05) is 31.7 Å². The summed E-state index contributed by atoms with van der Waals surface area (Å²) in [6.45, 7) is 2.29. The molecule has 0 bridgehead atoms. The van der Waals surface area contributed by atoms with Crippen molar-refractivity contribution in [1.29, 1.82) is 0 Å². The lowest BCUT2D eigenvalue weighted by Crippen LogP contribution is -2.50. The molecule has 0 radical (unpaired) electrons. The first-order valence-electron chi connectivity index (χ1n) is 8.67. The summed E-state index contributed by atoms with van der Waals surface area (Å²) < 4.78 is 16.4. The van der Waals surface area contributed by atoms with Crippen LogP contribution >= 0.6 is 0 Å². The predicted octanol–water partition coefficient (Wildman–Crippen LogP) is 2.00. The number of methoxy groups -OCH3 is 1. The van der Waals surface area contributed by atoms with Crippen LogP contribution in [0.2, 0.25) is 0 Å². The van der Waals surface area contributed by atoms with Crippen molar-refractivity contribution in [3.63, 3.8) is 0 Å². The molecule has 0 saturated heterocycles. The summed E-state index contributed by atoms with van der Waals surface area (Å²) in [5.41, 5.74) is 0.678. The first-order chi connectivity index (χ1) is 13.1. The maximum absolute atomic E-state index is 12.4. The van der Waals surface area contributed by atoms with E-state index in [2.05, 4.69) is 5.32 Å². The van der Waals surface area contributed by atoms with Gasteiger partial charge in [-0.2, -0.15) is 0 Å². The van der Waals surface area contributed by atoms with Gasteiger partial charge in [-0.1, -0.05) is 12.1 Å². The number of nitrogens with zero attached hydrogens (tertiary/aromatic N) is 1. The van der Waals surface area contributed by atoms with E-state index in [9.17, 15) is 9.59 Å². The molecule has 0 saturated carbocycles. The highest BCUT2D eigenvalue weighted by Gasteiger charge is 2.32. The average Bonchev–Trinajstić information content (AvgIpc) is 2.70. The molecule has 0 aliphatic carbocycles. The molecular formula is C20H22N2O5. The van der Waals surface area contributed by atoms with Gasteiger partial charge in [-0.05, 0) is 36.4 Å². The van der Waals surface area contributed by atoms with Gasteiger partial charge in [-0.15, -0.1) is 0 Å². The van der Waals surface area contributed by atoms with Crippen molar-refractivity contribution >= 4 is 17.5 Å². The monoisotopic (exact) mass is 370 g/mol. The van der Waals surface area contributed by atoms with Crippen molar-refractivity contribution in [1.82, 2.24) is 5.32 Å². The Balaban J connectivity index is 1.51. The quantitative estimate of drug-likeness (QED) is 0.787. The largest absolute Gasteiger partial charge is 0.497 e. The highest BCUT2D eigenvalue weighted by Crippen LogP contribution is 2.33. The maximum atomic E-state index is 12.4. The fourth-order valence-electron chi connectivity index (χ4n) is 2.80. The summed E-state index contributed by atoms with van der Waals surface area (Å²) in [5, 5.41) is 2.78. The highest BCUT2D eigenvalue weighted by molar-refractivity contribution is 5.95. The first kappa shape index (κ1) is 18.6. The van der Waals surface area contributed by atoms with Gasteiger partial charge in [-0.3, -0.25) is 9.59 Å². The molecule has 142 valence electrons. The Kier molecular flexibility index (Phi) is 5.80. The molecule has 7 nitrogen and oxygen atoms in total. The van der Waals surface area contributed by atoms with Gasteiger partial charge in [0.25, 0.3) is 5.91 Å². The van der Waals surface area contributed by atoms with Crippen molar-refractivity contribution in [3.05, 3.63) is 48.5 Å². The minimum Gasteiger partial charge on any atom is -0.497 e. The molecule has 2 aromatic rings. The van der Waals surface area contributed by atoms with Crippen LogP contribution in [0, 0.1) is 0 Å². The van der Waals surface area contributed by atoms with E-state index >= 15 is 0 Å². The van der Waals surface area contributed by atoms with Gasteiger partial charge in [0.1, 0.15) is 23.9 Å². The summed E-state index contributed by atoms with van der Waals surface area (Å²) in [5.74, 6) is 1.55. The molecule has 1 N–H and O–H groups in total. The second-order valence-electron chi connectivity index (χ2n) is 6.02. The van der Waals surface area contributed by atoms with Gasteiger partial charge in [0, 0.05) is 6.92 Å². The number of rotatable bonds is 6. The smallest absolute Gasteiger partial charge is 0.263 e. The Morgan fingerprint density at radius 2 is 1.85 bits per heavy atom. The third-order valence-electron chi connectivity index (χ3n) is 4.18. The van der Waals surface area contributed by atoms with Crippen LogP contribution in [0.15, 0.2) is 48.5 Å². The molecule has 2 aromatic carbocycles. The molecule has 1 atom stereocenters. The lowest BCUT2D eigenvalue weighted by atomic mass is 10.1. The number of fused-ring (bicyclic) bond motifs is 1. The van der Waals surface area contributed by atoms with Crippen molar-refractivity contribution in [3.8, 4) is 17.2 Å². The van der Waals surface area contributed by atoms with Gasteiger partial charge in [0.05, 0.1) is 25.9 Å². The molecule has 2 amide bonds. The van der Waals surface area contributed by atoms with Crippen molar-refractivity contribution in [2.24, 2.45) is 0 Å². The Labute approximate surface area is 157 Å². The molecule has 1 aliphatic heterocycles. The van der Waals surface area contributed by atoms with Crippen LogP contribution in [0.3, 0.4) is 0 Å². The fourth-order valence-corrected chi connectivity index (χ4v) is 2.80. The number of para-hydroxylation sites is 2. The fraction of sp³-hybridized carbons (Fsp3) is 0.300. The topological polar surface area (TPSA) is 77.1 Å². The maximum Gasteiger partial charge on any atom is 0.263 e. The highest BCUT2D eigenvalue weighted by atomic mass is 16.5.